The van der Waals surface area contributed by atoms with E-state index in [0.29, 0.717) is 5.92 Å². The molecule has 0 bridgehead atoms. The summed E-state index contributed by atoms with van der Waals surface area (Å²) in [5.41, 5.74) is 0.0846. The van der Waals surface area contributed by atoms with Crippen molar-refractivity contribution in [3.63, 3.8) is 0 Å². The van der Waals surface area contributed by atoms with Gasteiger partial charge in [0.25, 0.3) is 0 Å². The van der Waals surface area contributed by atoms with Gasteiger partial charge in [0, 0.05) is 18.8 Å². The molecule has 1 aromatic heterocycles. The lowest BCUT2D eigenvalue weighted by Gasteiger charge is -2.08. The molecule has 0 amide bonds. The molecule has 0 atom stereocenters. The summed E-state index contributed by atoms with van der Waals surface area (Å²) in [4.78, 5) is 11.3. The van der Waals surface area contributed by atoms with Gasteiger partial charge in [0.2, 0.25) is 5.56 Å². The number of nitrogens with zero attached hydrogens (tertiary/aromatic N) is 1. The zero-order valence-corrected chi connectivity index (χ0v) is 9.57. The van der Waals surface area contributed by atoms with Crippen molar-refractivity contribution in [3.05, 3.63) is 34.7 Å². The molecule has 0 aromatic carbocycles. The van der Waals surface area contributed by atoms with Crippen molar-refractivity contribution in [2.24, 2.45) is 5.92 Å². The van der Waals surface area contributed by atoms with E-state index in [1.807, 2.05) is 12.3 Å². The van der Waals surface area contributed by atoms with Gasteiger partial charge >= 0.3 is 0 Å². The maximum absolute atomic E-state index is 11.3. The fourth-order valence-electron chi connectivity index (χ4n) is 1.41. The van der Waals surface area contributed by atoms with Crippen LogP contribution in [0.1, 0.15) is 20.3 Å². The molecule has 15 heavy (non-hydrogen) atoms. The number of aromatic nitrogens is 1. The van der Waals surface area contributed by atoms with E-state index < -0.39 is 0 Å². The molecule has 0 saturated heterocycles. The van der Waals surface area contributed by atoms with Crippen LogP contribution in [0.3, 0.4) is 0 Å². The fraction of sp³-hybridized carbons (Fsp3) is 0.583. The third-order valence-electron chi connectivity index (χ3n) is 2.20. The largest absolute Gasteiger partial charge is 0.316 e. The van der Waals surface area contributed by atoms with Crippen molar-refractivity contribution in [2.45, 2.75) is 26.8 Å². The Balaban J connectivity index is 2.21. The lowest BCUT2D eigenvalue weighted by atomic mass is 10.2. The Bertz CT molecular complexity index is 330. The standard InChI is InChI=1S/C12H20N2O/c1-11(2)10-13-7-5-9-14-8-4-3-6-12(14)15/h3-4,6,8,11,13H,5,7,9-10H2,1-2H3. The average molecular weight is 208 g/mol. The molecule has 0 fully saturated rings. The molecule has 1 heterocycles. The van der Waals surface area contributed by atoms with E-state index in [0.717, 1.165) is 26.1 Å². The van der Waals surface area contributed by atoms with E-state index in [1.165, 1.54) is 0 Å². The molecule has 0 aliphatic heterocycles. The molecule has 1 aromatic rings. The normalized spacial score (nSPS) is 10.9. The maximum Gasteiger partial charge on any atom is 0.250 e. The van der Waals surface area contributed by atoms with Crippen LogP contribution >= 0.6 is 0 Å². The second-order valence-electron chi connectivity index (χ2n) is 4.18. The minimum absolute atomic E-state index is 0.0846. The average Bonchev–Trinajstić information content (AvgIpc) is 2.20. The molecule has 0 spiro atoms. The monoisotopic (exact) mass is 208 g/mol. The number of nitrogens with one attached hydrogen (secondary N) is 1. The first kappa shape index (κ1) is 12.0. The number of hydrogen-bond donors (Lipinski definition) is 1. The number of aryl methyl sites for hydroxylation is 1. The molecule has 84 valence electrons. The molecule has 1 N–H and O–H groups in total. The Morgan fingerprint density at radius 1 is 1.40 bits per heavy atom. The third kappa shape index (κ3) is 4.79. The number of pyridine rings is 1. The first-order chi connectivity index (χ1) is 7.20. The Labute approximate surface area is 91.1 Å². The van der Waals surface area contributed by atoms with E-state index in [-0.39, 0.29) is 5.56 Å². The summed E-state index contributed by atoms with van der Waals surface area (Å²) >= 11 is 0. The number of hydrogen-bond acceptors (Lipinski definition) is 2. The van der Waals surface area contributed by atoms with Crippen LogP contribution < -0.4 is 10.9 Å². The van der Waals surface area contributed by atoms with Crippen molar-refractivity contribution in [2.75, 3.05) is 13.1 Å². The van der Waals surface area contributed by atoms with Crippen LogP contribution in [0.15, 0.2) is 29.2 Å². The van der Waals surface area contributed by atoms with Gasteiger partial charge in [0.15, 0.2) is 0 Å². The van der Waals surface area contributed by atoms with Crippen molar-refractivity contribution in [1.82, 2.24) is 9.88 Å². The minimum atomic E-state index is 0.0846. The summed E-state index contributed by atoms with van der Waals surface area (Å²) in [5, 5.41) is 3.36. The Hall–Kier alpha value is -1.09. The van der Waals surface area contributed by atoms with Crippen LogP contribution in [0, 0.1) is 5.92 Å². The lowest BCUT2D eigenvalue weighted by Crippen LogP contribution is -2.24. The van der Waals surface area contributed by atoms with Crippen molar-refractivity contribution in [1.29, 1.82) is 0 Å². The molecule has 0 aliphatic carbocycles. The molecule has 0 radical (unpaired) electrons. The highest BCUT2D eigenvalue weighted by Crippen LogP contribution is 1.89. The van der Waals surface area contributed by atoms with Gasteiger partial charge in [0.1, 0.15) is 0 Å². The molecule has 0 aliphatic rings. The maximum atomic E-state index is 11.3. The third-order valence-corrected chi connectivity index (χ3v) is 2.20. The second kappa shape index (κ2) is 6.40. The van der Waals surface area contributed by atoms with Gasteiger partial charge in [-0.05, 0) is 31.5 Å². The van der Waals surface area contributed by atoms with Crippen LogP contribution in [0.2, 0.25) is 0 Å². The zero-order valence-electron chi connectivity index (χ0n) is 9.57. The van der Waals surface area contributed by atoms with Crippen LogP contribution in [0.4, 0.5) is 0 Å². The Morgan fingerprint density at radius 3 is 2.87 bits per heavy atom. The second-order valence-corrected chi connectivity index (χ2v) is 4.18. The van der Waals surface area contributed by atoms with Gasteiger partial charge < -0.3 is 9.88 Å². The minimum Gasteiger partial charge on any atom is -0.316 e. The van der Waals surface area contributed by atoms with Gasteiger partial charge in [-0.1, -0.05) is 19.9 Å². The first-order valence-corrected chi connectivity index (χ1v) is 5.56. The Morgan fingerprint density at radius 2 is 2.20 bits per heavy atom. The quantitative estimate of drug-likeness (QED) is 0.719. The highest BCUT2D eigenvalue weighted by atomic mass is 16.1. The van der Waals surface area contributed by atoms with E-state index in [9.17, 15) is 4.79 Å². The molecule has 0 unspecified atom stereocenters. The zero-order chi connectivity index (χ0) is 11.1. The first-order valence-electron chi connectivity index (χ1n) is 5.56. The fourth-order valence-corrected chi connectivity index (χ4v) is 1.41. The summed E-state index contributed by atoms with van der Waals surface area (Å²) < 4.78 is 1.75. The molecule has 0 saturated carbocycles. The van der Waals surface area contributed by atoms with Crippen LogP contribution in [-0.4, -0.2) is 17.7 Å². The molecular weight excluding hydrogens is 188 g/mol. The summed E-state index contributed by atoms with van der Waals surface area (Å²) in [7, 11) is 0. The highest BCUT2D eigenvalue weighted by Gasteiger charge is 1.95. The van der Waals surface area contributed by atoms with Crippen molar-refractivity contribution < 1.29 is 0 Å². The van der Waals surface area contributed by atoms with Gasteiger partial charge in [-0.15, -0.1) is 0 Å². The highest BCUT2D eigenvalue weighted by molar-refractivity contribution is 4.92. The van der Waals surface area contributed by atoms with Crippen LogP contribution in [0.5, 0.6) is 0 Å². The van der Waals surface area contributed by atoms with E-state index >= 15 is 0 Å². The smallest absolute Gasteiger partial charge is 0.250 e. The van der Waals surface area contributed by atoms with Crippen LogP contribution in [0.25, 0.3) is 0 Å². The van der Waals surface area contributed by atoms with E-state index in [2.05, 4.69) is 19.2 Å². The summed E-state index contributed by atoms with van der Waals surface area (Å²) in [6.07, 6.45) is 2.83. The SMILES string of the molecule is CC(C)CNCCCn1ccccc1=O. The van der Waals surface area contributed by atoms with Gasteiger partial charge in [-0.2, -0.15) is 0 Å². The summed E-state index contributed by atoms with van der Waals surface area (Å²) in [5.74, 6) is 0.685. The van der Waals surface area contributed by atoms with Gasteiger partial charge in [-0.3, -0.25) is 4.79 Å². The van der Waals surface area contributed by atoms with E-state index in [1.54, 1.807) is 16.7 Å². The Kier molecular flexibility index (Phi) is 5.12. The van der Waals surface area contributed by atoms with Gasteiger partial charge in [-0.25, -0.2) is 0 Å². The predicted octanol–water partition coefficient (Wildman–Crippen LogP) is 1.48. The predicted molar refractivity (Wildman–Crippen MR) is 63.0 cm³/mol. The van der Waals surface area contributed by atoms with Gasteiger partial charge in [0.05, 0.1) is 0 Å². The molecule has 3 nitrogen and oxygen atoms in total. The topological polar surface area (TPSA) is 34.0 Å². The lowest BCUT2D eigenvalue weighted by molar-refractivity contribution is 0.518. The molecular formula is C12H20N2O. The van der Waals surface area contributed by atoms with E-state index in [4.69, 9.17) is 0 Å². The van der Waals surface area contributed by atoms with Crippen molar-refractivity contribution in [3.8, 4) is 0 Å². The van der Waals surface area contributed by atoms with Crippen LogP contribution in [-0.2, 0) is 6.54 Å². The number of rotatable bonds is 6. The summed E-state index contributed by atoms with van der Waals surface area (Å²) in [6.45, 7) is 7.19. The summed E-state index contributed by atoms with van der Waals surface area (Å²) in [6, 6.07) is 5.26. The molecule has 3 heteroatoms. The van der Waals surface area contributed by atoms with Crippen molar-refractivity contribution >= 4 is 0 Å². The molecule has 1 rings (SSSR count).